The highest BCUT2D eigenvalue weighted by molar-refractivity contribution is 5.90. The van der Waals surface area contributed by atoms with Crippen molar-refractivity contribution < 1.29 is 19.0 Å². The molecule has 1 fully saturated rings. The molecule has 2 amide bonds. The summed E-state index contributed by atoms with van der Waals surface area (Å²) < 4.78 is 16.1. The number of hydrogen-bond donors (Lipinski definition) is 2. The highest BCUT2D eigenvalue weighted by Crippen LogP contribution is 2.40. The van der Waals surface area contributed by atoms with Gasteiger partial charge in [-0.05, 0) is 11.6 Å². The van der Waals surface area contributed by atoms with Crippen LogP contribution in [0.4, 0.5) is 10.5 Å². The second kappa shape index (κ2) is 9.18. The molecule has 0 radical (unpaired) electrons. The average Bonchev–Trinajstić information content (AvgIpc) is 3.21. The molecule has 0 bridgehead atoms. The van der Waals surface area contributed by atoms with Gasteiger partial charge >= 0.3 is 6.03 Å². The van der Waals surface area contributed by atoms with Gasteiger partial charge in [-0.25, -0.2) is 4.79 Å². The highest BCUT2D eigenvalue weighted by Gasteiger charge is 2.23. The predicted octanol–water partition coefficient (Wildman–Crippen LogP) is 3.54. The number of fused-ring (bicyclic) bond motifs is 1. The molecule has 2 heterocycles. The zero-order valence-electron chi connectivity index (χ0n) is 18.1. The van der Waals surface area contributed by atoms with E-state index < -0.39 is 0 Å². The molecule has 1 aromatic heterocycles. The van der Waals surface area contributed by atoms with Crippen LogP contribution >= 0.6 is 0 Å². The summed E-state index contributed by atoms with van der Waals surface area (Å²) in [6, 6.07) is 11.6. The molecule has 164 valence electrons. The van der Waals surface area contributed by atoms with Crippen LogP contribution in [0.1, 0.15) is 5.56 Å². The van der Waals surface area contributed by atoms with Crippen molar-refractivity contribution >= 4 is 22.6 Å². The summed E-state index contributed by atoms with van der Waals surface area (Å²) in [6.45, 7) is 3.84. The lowest BCUT2D eigenvalue weighted by Crippen LogP contribution is -2.49. The van der Waals surface area contributed by atoms with Crippen LogP contribution in [0.15, 0.2) is 42.6 Å². The monoisotopic (exact) mass is 424 g/mol. The van der Waals surface area contributed by atoms with Crippen molar-refractivity contribution in [2.75, 3.05) is 52.8 Å². The van der Waals surface area contributed by atoms with E-state index in [1.165, 1.54) is 10.9 Å². The number of H-pyrrole nitrogens is 1. The zero-order valence-corrected chi connectivity index (χ0v) is 18.1. The normalized spacial score (nSPS) is 14.5. The summed E-state index contributed by atoms with van der Waals surface area (Å²) in [5.74, 6) is 1.50. The molecule has 3 aromatic rings. The molecular weight excluding hydrogens is 396 g/mol. The molecule has 31 heavy (non-hydrogen) atoms. The minimum absolute atomic E-state index is 0.138. The van der Waals surface area contributed by atoms with Gasteiger partial charge in [0.2, 0.25) is 5.75 Å². The van der Waals surface area contributed by atoms with E-state index in [-0.39, 0.29) is 6.03 Å². The number of hydrogen-bond acceptors (Lipinski definition) is 5. The fraction of sp³-hybridized carbons (Fsp3) is 0.348. The van der Waals surface area contributed by atoms with Crippen LogP contribution in [0.3, 0.4) is 0 Å². The van der Waals surface area contributed by atoms with Gasteiger partial charge < -0.3 is 29.4 Å². The van der Waals surface area contributed by atoms with Crippen LogP contribution in [-0.4, -0.2) is 68.3 Å². The van der Waals surface area contributed by atoms with E-state index in [4.69, 9.17) is 14.2 Å². The van der Waals surface area contributed by atoms with E-state index in [9.17, 15) is 4.79 Å². The Bertz CT molecular complexity index is 1030. The number of piperazine rings is 1. The molecule has 0 atom stereocenters. The quantitative estimate of drug-likeness (QED) is 0.633. The van der Waals surface area contributed by atoms with Crippen LogP contribution in [-0.2, 0) is 6.54 Å². The molecule has 1 aliphatic heterocycles. The lowest BCUT2D eigenvalue weighted by molar-refractivity contribution is 0.143. The minimum Gasteiger partial charge on any atom is -0.493 e. The standard InChI is InChI=1S/C23H28N4O4/c1-29-20-12-17(13-21(30-2)22(20)31-3)25-23(28)27-10-8-26(9-11-27)15-16-14-24-19-7-5-4-6-18(16)19/h4-7,12-14,24H,8-11,15H2,1-3H3,(H,25,28). The summed E-state index contributed by atoms with van der Waals surface area (Å²) in [5, 5.41) is 4.20. The Morgan fingerprint density at radius 1 is 1.00 bits per heavy atom. The topological polar surface area (TPSA) is 79.1 Å². The summed E-state index contributed by atoms with van der Waals surface area (Å²) in [7, 11) is 4.65. The number of para-hydroxylation sites is 1. The van der Waals surface area contributed by atoms with Gasteiger partial charge in [0.05, 0.1) is 27.0 Å². The number of rotatable bonds is 6. The molecule has 0 aliphatic carbocycles. The molecule has 1 saturated heterocycles. The predicted molar refractivity (Wildman–Crippen MR) is 120 cm³/mol. The molecule has 2 aromatic carbocycles. The fourth-order valence-electron chi connectivity index (χ4n) is 3.97. The summed E-state index contributed by atoms with van der Waals surface area (Å²) in [6.07, 6.45) is 2.08. The molecule has 0 spiro atoms. The Morgan fingerprint density at radius 3 is 2.32 bits per heavy atom. The summed E-state index contributed by atoms with van der Waals surface area (Å²) in [4.78, 5) is 20.3. The number of methoxy groups -OCH3 is 3. The van der Waals surface area contributed by atoms with Gasteiger partial charge in [-0.3, -0.25) is 4.90 Å². The number of aromatic nitrogens is 1. The SMILES string of the molecule is COc1cc(NC(=O)N2CCN(Cc3c[nH]c4ccccc34)CC2)cc(OC)c1OC. The molecule has 1 aliphatic rings. The molecule has 4 rings (SSSR count). The Morgan fingerprint density at radius 2 is 1.68 bits per heavy atom. The van der Waals surface area contributed by atoms with Crippen molar-refractivity contribution in [3.8, 4) is 17.2 Å². The van der Waals surface area contributed by atoms with Crippen LogP contribution in [0.2, 0.25) is 0 Å². The maximum absolute atomic E-state index is 12.8. The van der Waals surface area contributed by atoms with Crippen LogP contribution in [0.25, 0.3) is 10.9 Å². The van der Waals surface area contributed by atoms with E-state index in [0.29, 0.717) is 36.0 Å². The smallest absolute Gasteiger partial charge is 0.321 e. The summed E-state index contributed by atoms with van der Waals surface area (Å²) >= 11 is 0. The number of nitrogens with zero attached hydrogens (tertiary/aromatic N) is 2. The second-order valence-corrected chi connectivity index (χ2v) is 7.47. The third kappa shape index (κ3) is 4.39. The first-order valence-corrected chi connectivity index (χ1v) is 10.3. The first kappa shape index (κ1) is 20.9. The lowest BCUT2D eigenvalue weighted by Gasteiger charge is -2.34. The maximum atomic E-state index is 12.8. The molecule has 2 N–H and O–H groups in total. The number of ether oxygens (including phenoxy) is 3. The lowest BCUT2D eigenvalue weighted by atomic mass is 10.1. The number of nitrogens with one attached hydrogen (secondary N) is 2. The number of amides is 2. The highest BCUT2D eigenvalue weighted by atomic mass is 16.5. The molecular formula is C23H28N4O4. The van der Waals surface area contributed by atoms with E-state index in [0.717, 1.165) is 25.2 Å². The van der Waals surface area contributed by atoms with Crippen molar-refractivity contribution in [3.63, 3.8) is 0 Å². The van der Waals surface area contributed by atoms with Gasteiger partial charge in [-0.2, -0.15) is 0 Å². The van der Waals surface area contributed by atoms with E-state index >= 15 is 0 Å². The Hall–Kier alpha value is -3.39. The molecule has 0 unspecified atom stereocenters. The van der Waals surface area contributed by atoms with Crippen molar-refractivity contribution in [2.45, 2.75) is 6.54 Å². The van der Waals surface area contributed by atoms with E-state index in [1.54, 1.807) is 33.5 Å². The Kier molecular flexibility index (Phi) is 6.18. The number of benzene rings is 2. The molecule has 8 heteroatoms. The average molecular weight is 425 g/mol. The van der Waals surface area contributed by atoms with Crippen molar-refractivity contribution in [1.29, 1.82) is 0 Å². The molecule has 8 nitrogen and oxygen atoms in total. The van der Waals surface area contributed by atoms with Gasteiger partial charge in [-0.15, -0.1) is 0 Å². The van der Waals surface area contributed by atoms with Crippen LogP contribution in [0, 0.1) is 0 Å². The van der Waals surface area contributed by atoms with E-state index in [1.807, 2.05) is 11.0 Å². The van der Waals surface area contributed by atoms with Crippen molar-refractivity contribution in [1.82, 2.24) is 14.8 Å². The van der Waals surface area contributed by atoms with Gasteiger partial charge in [0, 0.05) is 62.0 Å². The third-order valence-corrected chi connectivity index (χ3v) is 5.64. The van der Waals surface area contributed by atoms with Crippen LogP contribution < -0.4 is 19.5 Å². The first-order chi connectivity index (χ1) is 15.1. The number of aromatic amines is 1. The Labute approximate surface area is 181 Å². The second-order valence-electron chi connectivity index (χ2n) is 7.47. The van der Waals surface area contributed by atoms with Gasteiger partial charge in [0.15, 0.2) is 11.5 Å². The number of carbonyl (C=O) groups excluding carboxylic acids is 1. The van der Waals surface area contributed by atoms with E-state index in [2.05, 4.69) is 39.6 Å². The number of carbonyl (C=O) groups is 1. The maximum Gasteiger partial charge on any atom is 0.321 e. The van der Waals surface area contributed by atoms with Crippen molar-refractivity contribution in [2.24, 2.45) is 0 Å². The summed E-state index contributed by atoms with van der Waals surface area (Å²) in [5.41, 5.74) is 3.03. The first-order valence-electron chi connectivity index (χ1n) is 10.3. The van der Waals surface area contributed by atoms with Gasteiger partial charge in [0.1, 0.15) is 0 Å². The van der Waals surface area contributed by atoms with Gasteiger partial charge in [-0.1, -0.05) is 18.2 Å². The number of urea groups is 1. The van der Waals surface area contributed by atoms with Gasteiger partial charge in [0.25, 0.3) is 0 Å². The number of anilines is 1. The molecule has 0 saturated carbocycles. The van der Waals surface area contributed by atoms with Crippen molar-refractivity contribution in [3.05, 3.63) is 48.2 Å². The fourth-order valence-corrected chi connectivity index (χ4v) is 3.97. The minimum atomic E-state index is -0.138. The third-order valence-electron chi connectivity index (χ3n) is 5.64. The Balaban J connectivity index is 1.36. The van der Waals surface area contributed by atoms with Crippen LogP contribution in [0.5, 0.6) is 17.2 Å². The zero-order chi connectivity index (χ0) is 21.8. The largest absolute Gasteiger partial charge is 0.493 e.